The zero-order valence-corrected chi connectivity index (χ0v) is 17.8. The molecule has 3 saturated carbocycles. The summed E-state index contributed by atoms with van der Waals surface area (Å²) in [6.07, 6.45) is 10.3. The van der Waals surface area contributed by atoms with Gasteiger partial charge in [0.2, 0.25) is 0 Å². The summed E-state index contributed by atoms with van der Waals surface area (Å²) in [5, 5.41) is 10.1. The lowest BCUT2D eigenvalue weighted by atomic mass is 9.46. The number of rotatable bonds is 3. The van der Waals surface area contributed by atoms with E-state index in [0.29, 0.717) is 47.4 Å². The Morgan fingerprint density at radius 3 is 2.70 bits per heavy atom. The van der Waals surface area contributed by atoms with Crippen molar-refractivity contribution < 1.29 is 14.7 Å². The highest BCUT2D eigenvalue weighted by Gasteiger charge is 2.61. The van der Waals surface area contributed by atoms with E-state index in [1.54, 1.807) is 6.92 Å². The summed E-state index contributed by atoms with van der Waals surface area (Å²) >= 11 is 1.54. The molecule has 0 bridgehead atoms. The summed E-state index contributed by atoms with van der Waals surface area (Å²) in [4.78, 5) is 24.2. The second-order valence-electron chi connectivity index (χ2n) is 10.0. The van der Waals surface area contributed by atoms with E-state index < -0.39 is 0 Å². The van der Waals surface area contributed by atoms with Gasteiger partial charge in [-0.3, -0.25) is 9.59 Å². The fourth-order valence-corrected chi connectivity index (χ4v) is 8.80. The number of fused-ring (bicyclic) bond motifs is 5. The van der Waals surface area contributed by atoms with Gasteiger partial charge in [-0.25, -0.2) is 0 Å². The van der Waals surface area contributed by atoms with E-state index in [1.807, 2.05) is 6.08 Å². The van der Waals surface area contributed by atoms with Crippen molar-refractivity contribution in [3.05, 3.63) is 11.6 Å². The molecule has 0 aromatic rings. The van der Waals surface area contributed by atoms with Crippen LogP contribution in [-0.4, -0.2) is 27.9 Å². The summed E-state index contributed by atoms with van der Waals surface area (Å²) < 4.78 is 0. The molecule has 0 aromatic heterocycles. The fourth-order valence-electron chi connectivity index (χ4n) is 7.57. The molecule has 4 aliphatic rings. The minimum Gasteiger partial charge on any atom is -0.396 e. The second kappa shape index (κ2) is 7.02. The highest BCUT2D eigenvalue weighted by molar-refractivity contribution is 8.14. The van der Waals surface area contributed by atoms with Gasteiger partial charge in [0, 0.05) is 25.2 Å². The van der Waals surface area contributed by atoms with Gasteiger partial charge in [-0.05, 0) is 85.5 Å². The summed E-state index contributed by atoms with van der Waals surface area (Å²) in [5.41, 5.74) is 1.77. The van der Waals surface area contributed by atoms with Gasteiger partial charge in [0.15, 0.2) is 10.9 Å². The van der Waals surface area contributed by atoms with Gasteiger partial charge in [-0.15, -0.1) is 0 Å². The molecule has 27 heavy (non-hydrogen) atoms. The number of aliphatic hydroxyl groups is 1. The lowest BCUT2D eigenvalue weighted by Gasteiger charge is -2.60. The summed E-state index contributed by atoms with van der Waals surface area (Å²) in [5.74, 6) is 2.71. The fraction of sp³-hybridized carbons (Fsp3) is 0.826. The molecule has 4 rings (SSSR count). The molecule has 0 spiro atoms. The van der Waals surface area contributed by atoms with Crippen LogP contribution in [0.4, 0.5) is 0 Å². The maximum atomic E-state index is 12.1. The molecule has 0 aliphatic heterocycles. The van der Waals surface area contributed by atoms with E-state index in [9.17, 15) is 14.7 Å². The van der Waals surface area contributed by atoms with Crippen LogP contribution in [0.5, 0.6) is 0 Å². The molecule has 7 atom stereocenters. The summed E-state index contributed by atoms with van der Waals surface area (Å²) in [6, 6.07) is 0. The third-order valence-electron chi connectivity index (χ3n) is 8.95. The minimum absolute atomic E-state index is 0.142. The Hall–Kier alpha value is -0.610. The van der Waals surface area contributed by atoms with Crippen molar-refractivity contribution in [2.45, 2.75) is 77.4 Å². The van der Waals surface area contributed by atoms with E-state index in [4.69, 9.17) is 0 Å². The number of thioether (sulfide) groups is 1. The van der Waals surface area contributed by atoms with E-state index in [1.165, 1.54) is 43.0 Å². The Labute approximate surface area is 167 Å². The molecule has 3 fully saturated rings. The van der Waals surface area contributed by atoms with Gasteiger partial charge in [0.05, 0.1) is 0 Å². The Bertz CT molecular complexity index is 671. The molecule has 0 unspecified atom stereocenters. The first kappa shape index (κ1) is 19.7. The molecule has 0 heterocycles. The number of carbonyl (C=O) groups is 2. The average Bonchev–Trinajstić information content (AvgIpc) is 2.93. The minimum atomic E-state index is 0.142. The van der Waals surface area contributed by atoms with Crippen molar-refractivity contribution >= 4 is 22.7 Å². The van der Waals surface area contributed by atoms with Gasteiger partial charge in [-0.2, -0.15) is 0 Å². The van der Waals surface area contributed by atoms with E-state index in [0.717, 1.165) is 19.3 Å². The monoisotopic (exact) mass is 390 g/mol. The predicted octanol–water partition coefficient (Wildman–Crippen LogP) is 4.78. The number of aliphatic hydroxyl groups excluding tert-OH is 1. The summed E-state index contributed by atoms with van der Waals surface area (Å²) in [6.45, 7) is 6.85. The highest BCUT2D eigenvalue weighted by Crippen LogP contribution is 2.68. The number of allylic oxidation sites excluding steroid dienone is 1. The van der Waals surface area contributed by atoms with Crippen LogP contribution in [0.25, 0.3) is 0 Å². The quantitative estimate of drug-likeness (QED) is 0.754. The van der Waals surface area contributed by atoms with Gasteiger partial charge < -0.3 is 5.11 Å². The molecule has 3 nitrogen and oxygen atoms in total. The third-order valence-corrected chi connectivity index (χ3v) is 10.1. The number of hydrogen-bond donors (Lipinski definition) is 1. The van der Waals surface area contributed by atoms with Gasteiger partial charge in [-0.1, -0.05) is 31.2 Å². The zero-order chi connectivity index (χ0) is 19.4. The molecule has 0 amide bonds. The SMILES string of the molecule is CC(=O)S[C@@H]1CC2=CC(=O)CC[C@]2(C)[C@H]2CC[C@]3(C)[C@H](CCO)CC[C@H]3[C@H]12. The average molecular weight is 391 g/mol. The van der Waals surface area contributed by atoms with E-state index in [-0.39, 0.29) is 16.3 Å². The number of ketones is 1. The van der Waals surface area contributed by atoms with Crippen LogP contribution < -0.4 is 0 Å². The van der Waals surface area contributed by atoms with Crippen molar-refractivity contribution in [3.8, 4) is 0 Å². The molecule has 4 aliphatic carbocycles. The maximum Gasteiger partial charge on any atom is 0.186 e. The molecule has 0 radical (unpaired) electrons. The topological polar surface area (TPSA) is 54.4 Å². The van der Waals surface area contributed by atoms with Gasteiger partial charge >= 0.3 is 0 Å². The Morgan fingerprint density at radius 1 is 1.22 bits per heavy atom. The van der Waals surface area contributed by atoms with Crippen molar-refractivity contribution in [2.24, 2.45) is 34.5 Å². The first-order valence-corrected chi connectivity index (χ1v) is 11.7. The molecule has 0 aromatic carbocycles. The highest BCUT2D eigenvalue weighted by atomic mass is 32.2. The van der Waals surface area contributed by atoms with Crippen LogP contribution >= 0.6 is 11.8 Å². The first-order valence-electron chi connectivity index (χ1n) is 10.8. The molecular weight excluding hydrogens is 356 g/mol. The van der Waals surface area contributed by atoms with Crippen molar-refractivity contribution in [3.63, 3.8) is 0 Å². The predicted molar refractivity (Wildman–Crippen MR) is 109 cm³/mol. The van der Waals surface area contributed by atoms with Crippen molar-refractivity contribution in [1.29, 1.82) is 0 Å². The van der Waals surface area contributed by atoms with Crippen LogP contribution in [0.1, 0.15) is 72.1 Å². The van der Waals surface area contributed by atoms with Crippen LogP contribution in [-0.2, 0) is 9.59 Å². The standard InChI is InChI=1S/C23H34O3S/c1-14(25)27-20-13-16-12-17(26)6-9-23(16,3)19-7-10-22(2)15(8-11-24)4-5-18(22)21(19)20/h12,15,18-21,24H,4-11,13H2,1-3H3/t15-,18-,19-,20+,21-,22+,23-/m0/s1. The van der Waals surface area contributed by atoms with Crippen LogP contribution in [0, 0.1) is 34.5 Å². The van der Waals surface area contributed by atoms with Crippen LogP contribution in [0.15, 0.2) is 11.6 Å². The van der Waals surface area contributed by atoms with Crippen molar-refractivity contribution in [1.82, 2.24) is 0 Å². The largest absolute Gasteiger partial charge is 0.396 e. The Kier molecular flexibility index (Phi) is 5.12. The Morgan fingerprint density at radius 2 is 2.00 bits per heavy atom. The zero-order valence-electron chi connectivity index (χ0n) is 17.0. The normalized spacial score (nSPS) is 46.3. The van der Waals surface area contributed by atoms with E-state index in [2.05, 4.69) is 13.8 Å². The molecule has 1 N–H and O–H groups in total. The second-order valence-corrected chi connectivity index (χ2v) is 11.4. The molecule has 150 valence electrons. The molecular formula is C23H34O3S. The van der Waals surface area contributed by atoms with E-state index >= 15 is 0 Å². The van der Waals surface area contributed by atoms with Crippen LogP contribution in [0.2, 0.25) is 0 Å². The van der Waals surface area contributed by atoms with Gasteiger partial charge in [0.25, 0.3) is 0 Å². The Balaban J connectivity index is 1.72. The lowest BCUT2D eigenvalue weighted by molar-refractivity contribution is -0.117. The molecule has 0 saturated heterocycles. The van der Waals surface area contributed by atoms with Crippen LogP contribution in [0.3, 0.4) is 0 Å². The van der Waals surface area contributed by atoms with Crippen molar-refractivity contribution in [2.75, 3.05) is 6.61 Å². The smallest absolute Gasteiger partial charge is 0.186 e. The first-order chi connectivity index (χ1) is 12.8. The third kappa shape index (κ3) is 3.06. The number of hydrogen-bond acceptors (Lipinski definition) is 4. The molecule has 4 heteroatoms. The number of carbonyl (C=O) groups excluding carboxylic acids is 2. The maximum absolute atomic E-state index is 12.1. The summed E-state index contributed by atoms with van der Waals surface area (Å²) in [7, 11) is 0. The van der Waals surface area contributed by atoms with Gasteiger partial charge in [0.1, 0.15) is 0 Å². The lowest BCUT2D eigenvalue weighted by Crippen LogP contribution is -2.54.